The summed E-state index contributed by atoms with van der Waals surface area (Å²) in [5.41, 5.74) is -0.383. The SMILES string of the molecule is COc1cccc(C(OC[C@H]2O[C@@H](N3C=NC4(C(=O)COc5ccccc5)C(=N)N=CN=C34)[C@H](OCOCCS(=O)(=O)c3ccc(C)cc3)[C@@H]2O)(c2ccccc2)c2ccccc2)c1OC. The maximum absolute atomic E-state index is 14.1. The second kappa shape index (κ2) is 19.9. The van der Waals surface area contributed by atoms with Gasteiger partial charge >= 0.3 is 0 Å². The lowest BCUT2D eigenvalue weighted by Crippen LogP contribution is -2.58. The van der Waals surface area contributed by atoms with Crippen LogP contribution in [0, 0.1) is 12.3 Å². The Hall–Kier alpha value is -6.60. The number of aliphatic imine (C=N–C) groups is 3. The number of rotatable bonds is 20. The van der Waals surface area contributed by atoms with Crippen molar-refractivity contribution in [3.8, 4) is 17.2 Å². The number of amidine groups is 2. The largest absolute Gasteiger partial charge is 0.493 e. The molecular formula is C49H49N5O11S. The van der Waals surface area contributed by atoms with E-state index in [0.717, 1.165) is 23.0 Å². The summed E-state index contributed by atoms with van der Waals surface area (Å²) in [5, 5.41) is 21.1. The van der Waals surface area contributed by atoms with Crippen molar-refractivity contribution < 1.29 is 51.5 Å². The number of aryl methyl sites for hydroxylation is 1. The molecule has 342 valence electrons. The van der Waals surface area contributed by atoms with E-state index in [2.05, 4.69) is 15.0 Å². The van der Waals surface area contributed by atoms with Gasteiger partial charge in [0.2, 0.25) is 11.3 Å². The standard InChI is InChI=1S/C49H49N5O11S/c1-33-22-24-37(25-23-33)66(57,58)27-26-61-32-63-44-42(56)40(65-45(44)54-31-53-48(46(50)51-30-52-47(48)54)41(55)29-62-36-18-11-6-12-19-36)28-64-49(34-14-7-4-8-15-34,35-16-9-5-10-17-35)38-20-13-21-39(59-2)43(38)60-3/h4-25,30-31,40,42,44-45,50,56H,26-29,32H2,1-3H3/t40-,42-,44-,45-,48?/m1/s1. The Morgan fingerprint density at radius 3 is 2.20 bits per heavy atom. The van der Waals surface area contributed by atoms with Crippen molar-refractivity contribution in [1.29, 1.82) is 5.41 Å². The van der Waals surface area contributed by atoms with E-state index in [4.69, 9.17) is 38.6 Å². The predicted octanol–water partition coefficient (Wildman–Crippen LogP) is 5.39. The van der Waals surface area contributed by atoms with E-state index >= 15 is 0 Å². The van der Waals surface area contributed by atoms with Gasteiger partial charge in [-0.25, -0.2) is 23.4 Å². The molecule has 0 aromatic heterocycles. The van der Waals surface area contributed by atoms with Gasteiger partial charge in [-0.05, 0) is 48.4 Å². The number of aliphatic hydroxyl groups is 1. The normalized spacial score (nSPS) is 21.4. The number of para-hydroxylation sites is 2. The minimum atomic E-state index is -3.68. The number of fused-ring (bicyclic) bond motifs is 1. The van der Waals surface area contributed by atoms with Crippen LogP contribution in [0.15, 0.2) is 153 Å². The lowest BCUT2D eigenvalue weighted by Gasteiger charge is -2.38. The molecule has 0 spiro atoms. The van der Waals surface area contributed by atoms with Crippen molar-refractivity contribution in [2.45, 2.75) is 47.5 Å². The highest BCUT2D eigenvalue weighted by Crippen LogP contribution is 2.48. The molecule has 17 heteroatoms. The van der Waals surface area contributed by atoms with Gasteiger partial charge in [-0.2, -0.15) is 0 Å². The average Bonchev–Trinajstić information content (AvgIpc) is 3.89. The number of hydrogen-bond donors (Lipinski definition) is 2. The number of nitrogens with one attached hydrogen (secondary N) is 1. The van der Waals surface area contributed by atoms with Crippen LogP contribution in [0.1, 0.15) is 22.3 Å². The number of methoxy groups -OCH3 is 2. The highest BCUT2D eigenvalue weighted by Gasteiger charge is 2.59. The first kappa shape index (κ1) is 45.9. The van der Waals surface area contributed by atoms with Crippen LogP contribution in [0.25, 0.3) is 0 Å². The molecular weight excluding hydrogens is 867 g/mol. The van der Waals surface area contributed by atoms with Crippen molar-refractivity contribution in [2.75, 3.05) is 46.6 Å². The van der Waals surface area contributed by atoms with Crippen LogP contribution in [-0.2, 0) is 39.2 Å². The second-order valence-electron chi connectivity index (χ2n) is 15.5. The minimum absolute atomic E-state index is 0.0225. The van der Waals surface area contributed by atoms with E-state index in [9.17, 15) is 18.3 Å². The van der Waals surface area contributed by atoms with Crippen LogP contribution in [0.3, 0.4) is 0 Å². The smallest absolute Gasteiger partial charge is 0.239 e. The molecule has 0 aliphatic carbocycles. The zero-order valence-electron chi connectivity index (χ0n) is 36.4. The average molecular weight is 916 g/mol. The number of carbonyl (C=O) groups is 1. The topological polar surface area (TPSA) is 200 Å². The Balaban J connectivity index is 1.11. The summed E-state index contributed by atoms with van der Waals surface area (Å²) in [6.07, 6.45) is -2.59. The molecule has 0 bridgehead atoms. The van der Waals surface area contributed by atoms with Gasteiger partial charge in [-0.1, -0.05) is 109 Å². The van der Waals surface area contributed by atoms with Gasteiger partial charge < -0.3 is 38.3 Å². The summed E-state index contributed by atoms with van der Waals surface area (Å²) in [6, 6.07) is 39.9. The Labute approximate surface area is 382 Å². The van der Waals surface area contributed by atoms with Crippen molar-refractivity contribution in [3.05, 3.63) is 156 Å². The summed E-state index contributed by atoms with van der Waals surface area (Å²) in [7, 11) is -0.581. The maximum Gasteiger partial charge on any atom is 0.239 e. The molecule has 3 heterocycles. The number of carbonyl (C=O) groups excluding carboxylic acids is 1. The molecule has 5 atom stereocenters. The second-order valence-corrected chi connectivity index (χ2v) is 17.7. The molecule has 1 unspecified atom stereocenters. The van der Waals surface area contributed by atoms with Gasteiger partial charge in [-0.15, -0.1) is 0 Å². The number of aliphatic hydroxyl groups excluding tert-OH is 1. The van der Waals surface area contributed by atoms with Crippen LogP contribution in [0.4, 0.5) is 0 Å². The maximum atomic E-state index is 14.1. The fraction of sp³-hybridized carbons (Fsp3) is 0.286. The summed E-state index contributed by atoms with van der Waals surface area (Å²) in [6.45, 7) is 0.474. The van der Waals surface area contributed by atoms with Crippen molar-refractivity contribution >= 4 is 40.0 Å². The summed E-state index contributed by atoms with van der Waals surface area (Å²) in [4.78, 5) is 28.7. The van der Waals surface area contributed by atoms with Crippen LogP contribution in [0.2, 0.25) is 0 Å². The third kappa shape index (κ3) is 8.88. The number of ether oxygens (including phenoxy) is 7. The van der Waals surface area contributed by atoms with E-state index in [1.165, 1.54) is 11.2 Å². The molecule has 0 amide bonds. The lowest BCUT2D eigenvalue weighted by molar-refractivity contribution is -0.135. The summed E-state index contributed by atoms with van der Waals surface area (Å²) < 4.78 is 69.5. The highest BCUT2D eigenvalue weighted by atomic mass is 32.2. The van der Waals surface area contributed by atoms with Gasteiger partial charge in [-0.3, -0.25) is 15.1 Å². The number of Topliss-reactive ketones (excluding diaryl/α,β-unsaturated/α-hetero) is 1. The quantitative estimate of drug-likeness (QED) is 0.0574. The van der Waals surface area contributed by atoms with Gasteiger partial charge in [0.15, 0.2) is 39.2 Å². The van der Waals surface area contributed by atoms with Crippen LogP contribution in [0.5, 0.6) is 17.2 Å². The monoisotopic (exact) mass is 915 g/mol. The molecule has 3 aliphatic heterocycles. The molecule has 2 N–H and O–H groups in total. The third-order valence-corrected chi connectivity index (χ3v) is 13.3. The third-order valence-electron chi connectivity index (χ3n) is 11.6. The van der Waals surface area contributed by atoms with Crippen LogP contribution in [-0.4, -0.2) is 125 Å². The molecule has 0 radical (unpaired) electrons. The molecule has 1 saturated heterocycles. The summed E-state index contributed by atoms with van der Waals surface area (Å²) in [5.74, 6) is -0.0480. The lowest BCUT2D eigenvalue weighted by atomic mass is 9.79. The fourth-order valence-electron chi connectivity index (χ4n) is 8.21. The Morgan fingerprint density at radius 1 is 0.879 bits per heavy atom. The number of hydrogen-bond acceptors (Lipinski definition) is 15. The molecule has 8 rings (SSSR count). The summed E-state index contributed by atoms with van der Waals surface area (Å²) >= 11 is 0. The van der Waals surface area contributed by atoms with E-state index in [1.807, 2.05) is 85.8 Å². The van der Waals surface area contributed by atoms with Gasteiger partial charge in [0.25, 0.3) is 0 Å². The van der Waals surface area contributed by atoms with Gasteiger partial charge in [0.1, 0.15) is 49.4 Å². The van der Waals surface area contributed by atoms with Crippen molar-refractivity contribution in [3.63, 3.8) is 0 Å². The molecule has 5 aromatic carbocycles. The van der Waals surface area contributed by atoms with E-state index in [1.54, 1.807) is 68.8 Å². The first-order chi connectivity index (χ1) is 32.0. The Bertz CT molecular complexity index is 2670. The van der Waals surface area contributed by atoms with E-state index < -0.39 is 70.5 Å². The van der Waals surface area contributed by atoms with Crippen LogP contribution < -0.4 is 14.2 Å². The number of nitrogens with zero attached hydrogens (tertiary/aromatic N) is 4. The van der Waals surface area contributed by atoms with Crippen molar-refractivity contribution in [2.24, 2.45) is 15.0 Å². The molecule has 66 heavy (non-hydrogen) atoms. The zero-order valence-corrected chi connectivity index (χ0v) is 37.2. The van der Waals surface area contributed by atoms with Gasteiger partial charge in [0.05, 0.1) is 44.4 Å². The van der Waals surface area contributed by atoms with Crippen molar-refractivity contribution in [1.82, 2.24) is 4.90 Å². The minimum Gasteiger partial charge on any atom is -0.493 e. The van der Waals surface area contributed by atoms with E-state index in [0.29, 0.717) is 22.8 Å². The predicted molar refractivity (Wildman–Crippen MR) is 246 cm³/mol. The molecule has 0 saturated carbocycles. The fourth-order valence-corrected chi connectivity index (χ4v) is 9.34. The van der Waals surface area contributed by atoms with Crippen LogP contribution >= 0.6 is 0 Å². The van der Waals surface area contributed by atoms with E-state index in [-0.39, 0.29) is 29.7 Å². The van der Waals surface area contributed by atoms with Gasteiger partial charge in [0, 0.05) is 5.56 Å². The Kier molecular flexibility index (Phi) is 13.8. The number of ketones is 1. The first-order valence-electron chi connectivity index (χ1n) is 21.1. The molecule has 3 aliphatic rings. The number of benzene rings is 5. The highest BCUT2D eigenvalue weighted by molar-refractivity contribution is 7.91. The first-order valence-corrected chi connectivity index (χ1v) is 22.7. The number of sulfone groups is 1. The Morgan fingerprint density at radius 2 is 1.55 bits per heavy atom. The zero-order chi connectivity index (χ0) is 46.3. The molecule has 16 nitrogen and oxygen atoms in total. The molecule has 1 fully saturated rings. The molecule has 5 aromatic rings.